The molecule has 0 radical (unpaired) electrons. The van der Waals surface area contributed by atoms with Crippen molar-refractivity contribution in [2.45, 2.75) is 38.0 Å². The first kappa shape index (κ1) is 15.9. The summed E-state index contributed by atoms with van der Waals surface area (Å²) in [6, 6.07) is 14.4. The highest BCUT2D eigenvalue weighted by Crippen LogP contribution is 2.34. The minimum atomic E-state index is -0.0195. The van der Waals surface area contributed by atoms with Crippen LogP contribution in [0.4, 0.5) is 0 Å². The molecule has 0 saturated carbocycles. The third-order valence-corrected chi connectivity index (χ3v) is 5.19. The van der Waals surface area contributed by atoms with Crippen molar-refractivity contribution in [2.75, 3.05) is 6.54 Å². The quantitative estimate of drug-likeness (QED) is 0.688. The fourth-order valence-electron chi connectivity index (χ4n) is 3.88. The van der Waals surface area contributed by atoms with Crippen LogP contribution >= 0.6 is 0 Å². The second kappa shape index (κ2) is 7.09. The highest BCUT2D eigenvalue weighted by atomic mass is 16.1. The van der Waals surface area contributed by atoms with E-state index in [1.165, 1.54) is 30.4 Å². The Morgan fingerprint density at radius 3 is 3.12 bits per heavy atom. The molecule has 1 heterocycles. The maximum absolute atomic E-state index is 12.3. The fourth-order valence-corrected chi connectivity index (χ4v) is 3.88. The number of carbonyl (C=O) groups is 1. The Morgan fingerprint density at radius 2 is 2.16 bits per heavy atom. The topological polar surface area (TPSA) is 57.8 Å². The first-order valence-electron chi connectivity index (χ1n) is 9.10. The Balaban J connectivity index is 1.30. The van der Waals surface area contributed by atoms with E-state index in [1.54, 1.807) is 6.33 Å². The zero-order valence-electron chi connectivity index (χ0n) is 14.3. The number of nitrogens with zero attached hydrogens (tertiary/aromatic N) is 1. The molecule has 0 unspecified atom stereocenters. The van der Waals surface area contributed by atoms with Crippen LogP contribution in [0.25, 0.3) is 11.0 Å². The number of hydrogen-bond acceptors (Lipinski definition) is 2. The Morgan fingerprint density at radius 1 is 1.24 bits per heavy atom. The number of aromatic amines is 1. The minimum Gasteiger partial charge on any atom is -0.352 e. The van der Waals surface area contributed by atoms with Gasteiger partial charge in [-0.05, 0) is 67.3 Å². The van der Waals surface area contributed by atoms with Gasteiger partial charge in [-0.1, -0.05) is 24.3 Å². The molecule has 1 aromatic heterocycles. The van der Waals surface area contributed by atoms with Gasteiger partial charge in [0.15, 0.2) is 0 Å². The SMILES string of the molecule is O=C(NCCC[C@H]1CCCc2ccccc21)c1ccc2[nH]cnc2c1. The Labute approximate surface area is 147 Å². The van der Waals surface area contributed by atoms with Crippen molar-refractivity contribution in [1.82, 2.24) is 15.3 Å². The molecule has 0 saturated heterocycles. The van der Waals surface area contributed by atoms with E-state index in [0.717, 1.165) is 30.4 Å². The second-order valence-electron chi connectivity index (χ2n) is 6.82. The van der Waals surface area contributed by atoms with Gasteiger partial charge in [-0.15, -0.1) is 0 Å². The molecule has 0 spiro atoms. The molecule has 1 aliphatic carbocycles. The Hall–Kier alpha value is -2.62. The van der Waals surface area contributed by atoms with Crippen molar-refractivity contribution < 1.29 is 4.79 Å². The summed E-state index contributed by atoms with van der Waals surface area (Å²) >= 11 is 0. The van der Waals surface area contributed by atoms with Gasteiger partial charge in [-0.25, -0.2) is 4.98 Å². The summed E-state index contributed by atoms with van der Waals surface area (Å²) in [4.78, 5) is 19.6. The third kappa shape index (κ3) is 3.43. The number of fused-ring (bicyclic) bond motifs is 2. The van der Waals surface area contributed by atoms with Crippen LogP contribution in [0, 0.1) is 0 Å². The smallest absolute Gasteiger partial charge is 0.251 e. The van der Waals surface area contributed by atoms with E-state index in [1.807, 2.05) is 18.2 Å². The van der Waals surface area contributed by atoms with Gasteiger partial charge < -0.3 is 10.3 Å². The molecular weight excluding hydrogens is 310 g/mol. The van der Waals surface area contributed by atoms with Crippen LogP contribution in [0.1, 0.15) is 53.1 Å². The molecule has 128 valence electrons. The number of rotatable bonds is 5. The van der Waals surface area contributed by atoms with E-state index in [0.29, 0.717) is 11.5 Å². The van der Waals surface area contributed by atoms with Crippen LogP contribution in [0.3, 0.4) is 0 Å². The first-order chi connectivity index (χ1) is 12.3. The number of benzene rings is 2. The van der Waals surface area contributed by atoms with E-state index in [-0.39, 0.29) is 5.91 Å². The van der Waals surface area contributed by atoms with Gasteiger partial charge >= 0.3 is 0 Å². The maximum atomic E-state index is 12.3. The summed E-state index contributed by atoms with van der Waals surface area (Å²) in [6.45, 7) is 0.718. The molecule has 0 bridgehead atoms. The number of nitrogens with one attached hydrogen (secondary N) is 2. The van der Waals surface area contributed by atoms with Gasteiger partial charge in [0.25, 0.3) is 5.91 Å². The molecule has 0 aliphatic heterocycles. The lowest BCUT2D eigenvalue weighted by molar-refractivity contribution is 0.0953. The van der Waals surface area contributed by atoms with Gasteiger partial charge in [0.1, 0.15) is 0 Å². The van der Waals surface area contributed by atoms with E-state index >= 15 is 0 Å². The maximum Gasteiger partial charge on any atom is 0.251 e. The zero-order valence-corrected chi connectivity index (χ0v) is 14.3. The number of aryl methyl sites for hydroxylation is 1. The molecule has 2 aromatic carbocycles. The van der Waals surface area contributed by atoms with E-state index in [2.05, 4.69) is 39.6 Å². The van der Waals surface area contributed by atoms with Gasteiger partial charge in [-0.2, -0.15) is 0 Å². The van der Waals surface area contributed by atoms with Crippen molar-refractivity contribution in [1.29, 1.82) is 0 Å². The normalized spacial score (nSPS) is 16.6. The van der Waals surface area contributed by atoms with E-state index in [4.69, 9.17) is 0 Å². The predicted molar refractivity (Wildman–Crippen MR) is 99.8 cm³/mol. The zero-order chi connectivity index (χ0) is 17.1. The lowest BCUT2D eigenvalue weighted by Crippen LogP contribution is -2.25. The van der Waals surface area contributed by atoms with Crippen molar-refractivity contribution in [2.24, 2.45) is 0 Å². The van der Waals surface area contributed by atoms with E-state index in [9.17, 15) is 4.79 Å². The van der Waals surface area contributed by atoms with Gasteiger partial charge in [0.05, 0.1) is 17.4 Å². The van der Waals surface area contributed by atoms with Gasteiger partial charge in [0, 0.05) is 12.1 Å². The molecule has 4 nitrogen and oxygen atoms in total. The van der Waals surface area contributed by atoms with Crippen LogP contribution in [0.5, 0.6) is 0 Å². The lowest BCUT2D eigenvalue weighted by atomic mass is 9.80. The number of aromatic nitrogens is 2. The largest absolute Gasteiger partial charge is 0.352 e. The highest BCUT2D eigenvalue weighted by molar-refractivity contribution is 5.97. The van der Waals surface area contributed by atoms with Crippen LogP contribution in [-0.2, 0) is 6.42 Å². The molecule has 1 aliphatic rings. The van der Waals surface area contributed by atoms with Gasteiger partial charge in [0.2, 0.25) is 0 Å². The van der Waals surface area contributed by atoms with Crippen molar-refractivity contribution >= 4 is 16.9 Å². The summed E-state index contributed by atoms with van der Waals surface area (Å²) in [6.07, 6.45) is 7.54. The monoisotopic (exact) mass is 333 g/mol. The molecule has 25 heavy (non-hydrogen) atoms. The van der Waals surface area contributed by atoms with Crippen LogP contribution in [-0.4, -0.2) is 22.4 Å². The summed E-state index contributed by atoms with van der Waals surface area (Å²) in [7, 11) is 0. The average Bonchev–Trinajstić information content (AvgIpc) is 3.13. The highest BCUT2D eigenvalue weighted by Gasteiger charge is 2.19. The molecule has 0 fully saturated rings. The predicted octanol–water partition coefficient (Wildman–Crippen LogP) is 4.19. The molecule has 1 atom stereocenters. The Bertz CT molecular complexity index is 883. The van der Waals surface area contributed by atoms with E-state index < -0.39 is 0 Å². The van der Waals surface area contributed by atoms with Crippen molar-refractivity contribution in [3.05, 3.63) is 65.5 Å². The fraction of sp³-hybridized carbons (Fsp3) is 0.333. The third-order valence-electron chi connectivity index (χ3n) is 5.19. The van der Waals surface area contributed by atoms with Crippen molar-refractivity contribution in [3.63, 3.8) is 0 Å². The van der Waals surface area contributed by atoms with Crippen LogP contribution < -0.4 is 5.32 Å². The van der Waals surface area contributed by atoms with Crippen molar-refractivity contribution in [3.8, 4) is 0 Å². The summed E-state index contributed by atoms with van der Waals surface area (Å²) in [5.41, 5.74) is 5.47. The standard InChI is InChI=1S/C21H23N3O/c25-21(17-10-11-19-20(13-17)24-14-23-19)22-12-4-8-16-7-3-6-15-5-1-2-9-18(15)16/h1-2,5,9-11,13-14,16H,3-4,6-8,12H2,(H,22,25)(H,23,24)/t16-/m1/s1. The van der Waals surface area contributed by atoms with Crippen LogP contribution in [0.15, 0.2) is 48.8 Å². The number of amides is 1. The summed E-state index contributed by atoms with van der Waals surface area (Å²) in [5.74, 6) is 0.621. The number of imidazole rings is 1. The van der Waals surface area contributed by atoms with Crippen LogP contribution in [0.2, 0.25) is 0 Å². The number of hydrogen-bond donors (Lipinski definition) is 2. The number of H-pyrrole nitrogens is 1. The lowest BCUT2D eigenvalue weighted by Gasteiger charge is -2.25. The second-order valence-corrected chi connectivity index (χ2v) is 6.82. The summed E-state index contributed by atoms with van der Waals surface area (Å²) in [5, 5.41) is 3.04. The molecule has 4 heteroatoms. The Kier molecular flexibility index (Phi) is 4.51. The van der Waals surface area contributed by atoms with Gasteiger partial charge in [-0.3, -0.25) is 4.79 Å². The molecule has 3 aromatic rings. The summed E-state index contributed by atoms with van der Waals surface area (Å²) < 4.78 is 0. The number of carbonyl (C=O) groups excluding carboxylic acids is 1. The molecule has 1 amide bonds. The first-order valence-corrected chi connectivity index (χ1v) is 9.10. The molecule has 2 N–H and O–H groups in total. The molecule has 4 rings (SSSR count). The average molecular weight is 333 g/mol. The minimum absolute atomic E-state index is 0.0195. The molecular formula is C21H23N3O.